The van der Waals surface area contributed by atoms with Gasteiger partial charge in [0, 0.05) is 16.1 Å². The van der Waals surface area contributed by atoms with Crippen LogP contribution >= 0.6 is 28.3 Å². The van der Waals surface area contributed by atoms with E-state index in [1.54, 1.807) is 12.1 Å². The Bertz CT molecular complexity index is 280. The van der Waals surface area contributed by atoms with Crippen LogP contribution in [0.5, 0.6) is 5.75 Å². The molecule has 0 aliphatic rings. The van der Waals surface area contributed by atoms with Crippen molar-refractivity contribution in [3.8, 4) is 5.75 Å². The lowest BCUT2D eigenvalue weighted by molar-refractivity contribution is 0.460. The van der Waals surface area contributed by atoms with Crippen LogP contribution in [-0.2, 0) is 0 Å². The van der Waals surface area contributed by atoms with Gasteiger partial charge in [-0.05, 0) is 24.6 Å². The Hall–Kier alpha value is -0.250. The van der Waals surface area contributed by atoms with Crippen molar-refractivity contribution in [2.24, 2.45) is 5.73 Å². The number of phenols is 1. The SMILES string of the molecule is CC[C@@H](N)c1cc(Br)ccc1O.Cl. The highest BCUT2D eigenvalue weighted by atomic mass is 79.9. The van der Waals surface area contributed by atoms with E-state index in [9.17, 15) is 5.11 Å². The summed E-state index contributed by atoms with van der Waals surface area (Å²) >= 11 is 3.33. The lowest BCUT2D eigenvalue weighted by Crippen LogP contribution is -2.08. The van der Waals surface area contributed by atoms with Crippen LogP contribution in [0, 0.1) is 0 Å². The molecule has 2 nitrogen and oxygen atoms in total. The third-order valence-corrected chi connectivity index (χ3v) is 2.32. The number of aromatic hydroxyl groups is 1. The summed E-state index contributed by atoms with van der Waals surface area (Å²) in [5, 5.41) is 9.44. The minimum absolute atomic E-state index is 0. The summed E-state index contributed by atoms with van der Waals surface area (Å²) in [6, 6.07) is 5.21. The number of phenolic OH excluding ortho intramolecular Hbond substituents is 1. The highest BCUT2D eigenvalue weighted by Crippen LogP contribution is 2.27. The van der Waals surface area contributed by atoms with E-state index < -0.39 is 0 Å². The molecular formula is C9H13BrClNO. The van der Waals surface area contributed by atoms with Crippen LogP contribution in [0.15, 0.2) is 22.7 Å². The zero-order valence-electron chi connectivity index (χ0n) is 7.33. The molecule has 0 saturated heterocycles. The van der Waals surface area contributed by atoms with E-state index in [-0.39, 0.29) is 24.2 Å². The van der Waals surface area contributed by atoms with Gasteiger partial charge in [-0.15, -0.1) is 12.4 Å². The van der Waals surface area contributed by atoms with E-state index in [1.807, 2.05) is 13.0 Å². The average Bonchev–Trinajstić information content (AvgIpc) is 2.08. The summed E-state index contributed by atoms with van der Waals surface area (Å²) in [5.41, 5.74) is 6.58. The second kappa shape index (κ2) is 5.47. The summed E-state index contributed by atoms with van der Waals surface area (Å²) in [6.07, 6.45) is 0.823. The lowest BCUT2D eigenvalue weighted by atomic mass is 10.0. The molecule has 0 fully saturated rings. The largest absolute Gasteiger partial charge is 0.508 e. The third-order valence-electron chi connectivity index (χ3n) is 1.83. The summed E-state index contributed by atoms with van der Waals surface area (Å²) in [6.45, 7) is 1.99. The quantitative estimate of drug-likeness (QED) is 0.864. The van der Waals surface area contributed by atoms with E-state index in [4.69, 9.17) is 5.73 Å². The molecule has 0 spiro atoms. The number of halogens is 2. The number of rotatable bonds is 2. The predicted octanol–water partition coefficient (Wildman–Crippen LogP) is 2.99. The van der Waals surface area contributed by atoms with Gasteiger partial charge >= 0.3 is 0 Å². The molecule has 1 aromatic carbocycles. The van der Waals surface area contributed by atoms with Crippen molar-refractivity contribution in [3.63, 3.8) is 0 Å². The zero-order valence-corrected chi connectivity index (χ0v) is 9.73. The molecule has 0 radical (unpaired) electrons. The summed E-state index contributed by atoms with van der Waals surface area (Å²) in [7, 11) is 0. The Morgan fingerprint density at radius 2 is 2.15 bits per heavy atom. The normalized spacial score (nSPS) is 11.9. The predicted molar refractivity (Wildman–Crippen MR) is 60.3 cm³/mol. The van der Waals surface area contributed by atoms with Crippen LogP contribution in [0.3, 0.4) is 0 Å². The summed E-state index contributed by atoms with van der Waals surface area (Å²) in [5.74, 6) is 0.271. The number of hydrogen-bond acceptors (Lipinski definition) is 2. The van der Waals surface area contributed by atoms with E-state index in [1.165, 1.54) is 0 Å². The van der Waals surface area contributed by atoms with Crippen molar-refractivity contribution in [2.45, 2.75) is 19.4 Å². The van der Waals surface area contributed by atoms with Gasteiger partial charge in [-0.2, -0.15) is 0 Å². The van der Waals surface area contributed by atoms with Crippen molar-refractivity contribution < 1.29 is 5.11 Å². The Balaban J connectivity index is 0.00000144. The van der Waals surface area contributed by atoms with Crippen LogP contribution in [0.2, 0.25) is 0 Å². The van der Waals surface area contributed by atoms with E-state index in [2.05, 4.69) is 15.9 Å². The second-order valence-electron chi connectivity index (χ2n) is 2.72. The van der Waals surface area contributed by atoms with Gasteiger partial charge in [0.05, 0.1) is 0 Å². The molecule has 0 aliphatic heterocycles. The highest BCUT2D eigenvalue weighted by Gasteiger charge is 2.08. The number of nitrogens with two attached hydrogens (primary N) is 1. The van der Waals surface area contributed by atoms with Crippen LogP contribution in [0.1, 0.15) is 24.9 Å². The number of benzene rings is 1. The molecule has 3 N–H and O–H groups in total. The molecule has 74 valence electrons. The highest BCUT2D eigenvalue weighted by molar-refractivity contribution is 9.10. The van der Waals surface area contributed by atoms with Gasteiger partial charge in [-0.1, -0.05) is 22.9 Å². The molecular weight excluding hydrogens is 253 g/mol. The van der Waals surface area contributed by atoms with Crippen LogP contribution in [0.25, 0.3) is 0 Å². The van der Waals surface area contributed by atoms with Crippen molar-refractivity contribution in [1.82, 2.24) is 0 Å². The molecule has 0 unspecified atom stereocenters. The average molecular weight is 267 g/mol. The zero-order chi connectivity index (χ0) is 9.14. The first-order valence-corrected chi connectivity index (χ1v) is 4.68. The Labute approximate surface area is 92.7 Å². The van der Waals surface area contributed by atoms with Crippen LogP contribution in [0.4, 0.5) is 0 Å². The second-order valence-corrected chi connectivity index (χ2v) is 3.63. The van der Waals surface area contributed by atoms with Crippen molar-refractivity contribution in [2.75, 3.05) is 0 Å². The Morgan fingerprint density at radius 3 is 2.69 bits per heavy atom. The monoisotopic (exact) mass is 265 g/mol. The van der Waals surface area contributed by atoms with E-state index >= 15 is 0 Å². The summed E-state index contributed by atoms with van der Waals surface area (Å²) < 4.78 is 0.944. The maximum Gasteiger partial charge on any atom is 0.120 e. The van der Waals surface area contributed by atoms with Crippen LogP contribution < -0.4 is 5.73 Å². The van der Waals surface area contributed by atoms with Crippen LogP contribution in [-0.4, -0.2) is 5.11 Å². The van der Waals surface area contributed by atoms with E-state index in [0.29, 0.717) is 0 Å². The first-order chi connectivity index (χ1) is 5.65. The van der Waals surface area contributed by atoms with E-state index in [0.717, 1.165) is 16.5 Å². The molecule has 0 heterocycles. The van der Waals surface area contributed by atoms with Gasteiger partial charge < -0.3 is 10.8 Å². The summed E-state index contributed by atoms with van der Waals surface area (Å²) in [4.78, 5) is 0. The van der Waals surface area contributed by atoms with Gasteiger partial charge in [-0.25, -0.2) is 0 Å². The fourth-order valence-electron chi connectivity index (χ4n) is 1.04. The molecule has 0 saturated carbocycles. The lowest BCUT2D eigenvalue weighted by Gasteiger charge is -2.11. The maximum atomic E-state index is 9.44. The molecule has 1 rings (SSSR count). The van der Waals surface area contributed by atoms with Crippen molar-refractivity contribution in [1.29, 1.82) is 0 Å². The topological polar surface area (TPSA) is 46.2 Å². The van der Waals surface area contributed by atoms with Crippen molar-refractivity contribution >= 4 is 28.3 Å². The minimum atomic E-state index is -0.0810. The standard InChI is InChI=1S/C9H12BrNO.ClH/c1-2-8(11)7-5-6(10)3-4-9(7)12;/h3-5,8,12H,2,11H2,1H3;1H/t8-;/m1./s1. The van der Waals surface area contributed by atoms with Gasteiger partial charge in [-0.3, -0.25) is 0 Å². The first kappa shape index (κ1) is 12.8. The molecule has 1 aromatic rings. The first-order valence-electron chi connectivity index (χ1n) is 3.89. The third kappa shape index (κ3) is 3.18. The molecule has 4 heteroatoms. The molecule has 0 bridgehead atoms. The molecule has 13 heavy (non-hydrogen) atoms. The van der Waals surface area contributed by atoms with Crippen molar-refractivity contribution in [3.05, 3.63) is 28.2 Å². The molecule has 0 aromatic heterocycles. The minimum Gasteiger partial charge on any atom is -0.508 e. The van der Waals surface area contributed by atoms with Gasteiger partial charge in [0.15, 0.2) is 0 Å². The number of hydrogen-bond donors (Lipinski definition) is 2. The fourth-order valence-corrected chi connectivity index (χ4v) is 1.42. The van der Waals surface area contributed by atoms with Gasteiger partial charge in [0.2, 0.25) is 0 Å². The Kier molecular flexibility index (Phi) is 5.37. The molecule has 0 amide bonds. The van der Waals surface area contributed by atoms with Gasteiger partial charge in [0.25, 0.3) is 0 Å². The maximum absolute atomic E-state index is 9.44. The smallest absolute Gasteiger partial charge is 0.120 e. The Morgan fingerprint density at radius 1 is 1.54 bits per heavy atom. The molecule has 0 aliphatic carbocycles. The fraction of sp³-hybridized carbons (Fsp3) is 0.333. The van der Waals surface area contributed by atoms with Gasteiger partial charge in [0.1, 0.15) is 5.75 Å². The molecule has 1 atom stereocenters.